The number of para-hydroxylation sites is 1. The van der Waals surface area contributed by atoms with E-state index in [9.17, 15) is 9.18 Å². The first-order valence-corrected chi connectivity index (χ1v) is 12.5. The number of hydrogen-bond acceptors (Lipinski definition) is 3. The van der Waals surface area contributed by atoms with Crippen molar-refractivity contribution in [2.75, 3.05) is 6.61 Å². The van der Waals surface area contributed by atoms with E-state index in [0.717, 1.165) is 29.9 Å². The third kappa shape index (κ3) is 9.29. The van der Waals surface area contributed by atoms with Gasteiger partial charge in [0.25, 0.3) is 0 Å². The highest BCUT2D eigenvalue weighted by molar-refractivity contribution is 5.91. The number of benzene rings is 3. The van der Waals surface area contributed by atoms with Crippen LogP contribution in [0.3, 0.4) is 0 Å². The van der Waals surface area contributed by atoms with E-state index < -0.39 is 11.8 Å². The number of carbonyl (C=O) groups excluding carboxylic acids is 1. The van der Waals surface area contributed by atoms with Gasteiger partial charge in [-0.1, -0.05) is 75.8 Å². The zero-order chi connectivity index (χ0) is 24.7. The molecule has 3 aromatic rings. The van der Waals surface area contributed by atoms with E-state index in [2.05, 4.69) is 18.8 Å². The molecule has 0 aromatic heterocycles. The Kier molecular flexibility index (Phi) is 10.9. The lowest BCUT2D eigenvalue weighted by Crippen LogP contribution is -2.09. The molecule has 0 fully saturated rings. The Bertz CT molecular complexity index is 1110. The van der Waals surface area contributed by atoms with Crippen molar-refractivity contribution < 1.29 is 18.7 Å². The molecule has 0 atom stereocenters. The van der Waals surface area contributed by atoms with E-state index in [4.69, 9.17) is 9.47 Å². The van der Waals surface area contributed by atoms with Gasteiger partial charge in [-0.15, -0.1) is 0 Å². The molecule has 0 heterocycles. The molecule has 182 valence electrons. The summed E-state index contributed by atoms with van der Waals surface area (Å²) in [5, 5.41) is 0. The molecule has 4 heteroatoms. The summed E-state index contributed by atoms with van der Waals surface area (Å²) in [6.45, 7) is 2.99. The predicted octanol–water partition coefficient (Wildman–Crippen LogP) is 7.96. The van der Waals surface area contributed by atoms with Crippen LogP contribution < -0.4 is 9.47 Å². The highest BCUT2D eigenvalue weighted by Gasteiger charge is 2.11. The quantitative estimate of drug-likeness (QED) is 0.116. The monoisotopic (exact) mass is 472 g/mol. The van der Waals surface area contributed by atoms with Crippen LogP contribution in [0.5, 0.6) is 11.5 Å². The zero-order valence-corrected chi connectivity index (χ0v) is 20.4. The van der Waals surface area contributed by atoms with Crippen molar-refractivity contribution in [1.29, 1.82) is 0 Å². The van der Waals surface area contributed by atoms with Crippen molar-refractivity contribution in [2.45, 2.75) is 58.3 Å². The van der Waals surface area contributed by atoms with Crippen LogP contribution in [0.1, 0.15) is 79.8 Å². The van der Waals surface area contributed by atoms with Crippen molar-refractivity contribution in [3.8, 4) is 23.3 Å². The number of ether oxygens (including phenoxy) is 2. The van der Waals surface area contributed by atoms with Crippen molar-refractivity contribution in [2.24, 2.45) is 0 Å². The van der Waals surface area contributed by atoms with Gasteiger partial charge in [-0.2, -0.15) is 0 Å². The third-order valence-corrected chi connectivity index (χ3v) is 5.63. The van der Waals surface area contributed by atoms with E-state index in [-0.39, 0.29) is 5.75 Å². The van der Waals surface area contributed by atoms with Crippen LogP contribution in [0.15, 0.2) is 72.8 Å². The summed E-state index contributed by atoms with van der Waals surface area (Å²) in [7, 11) is 0. The molecular formula is C31H33FO3. The van der Waals surface area contributed by atoms with Gasteiger partial charge in [-0.3, -0.25) is 0 Å². The third-order valence-electron chi connectivity index (χ3n) is 5.63. The molecule has 0 aliphatic carbocycles. The Labute approximate surface area is 208 Å². The van der Waals surface area contributed by atoms with Gasteiger partial charge in [0.2, 0.25) is 0 Å². The van der Waals surface area contributed by atoms with Crippen molar-refractivity contribution in [1.82, 2.24) is 0 Å². The van der Waals surface area contributed by atoms with Gasteiger partial charge < -0.3 is 9.47 Å². The Morgan fingerprint density at radius 2 is 1.31 bits per heavy atom. The molecule has 0 spiro atoms. The summed E-state index contributed by atoms with van der Waals surface area (Å²) < 4.78 is 24.6. The average molecular weight is 473 g/mol. The number of unbranched alkanes of at least 4 members (excludes halogenated alkanes) is 7. The minimum absolute atomic E-state index is 0.0911. The van der Waals surface area contributed by atoms with Gasteiger partial charge in [0.05, 0.1) is 12.2 Å². The summed E-state index contributed by atoms with van der Waals surface area (Å²) in [5.41, 5.74) is 1.98. The summed E-state index contributed by atoms with van der Waals surface area (Å²) in [6.07, 6.45) is 10.3. The molecule has 3 aromatic carbocycles. The van der Waals surface area contributed by atoms with Crippen LogP contribution >= 0.6 is 0 Å². The fourth-order valence-corrected chi connectivity index (χ4v) is 3.58. The lowest BCUT2D eigenvalue weighted by molar-refractivity contribution is 0.0728. The van der Waals surface area contributed by atoms with Gasteiger partial charge in [-0.05, 0) is 67.1 Å². The minimum Gasteiger partial charge on any atom is -0.494 e. The Morgan fingerprint density at radius 1 is 0.743 bits per heavy atom. The van der Waals surface area contributed by atoms with E-state index >= 15 is 0 Å². The molecule has 3 rings (SSSR count). The molecule has 0 saturated heterocycles. The Hall–Kier alpha value is -3.58. The van der Waals surface area contributed by atoms with E-state index in [0.29, 0.717) is 5.56 Å². The maximum atomic E-state index is 13.7. The topological polar surface area (TPSA) is 35.5 Å². The number of halogens is 1. The highest BCUT2D eigenvalue weighted by atomic mass is 19.1. The summed E-state index contributed by atoms with van der Waals surface area (Å²) in [6, 6.07) is 20.3. The number of carbonyl (C=O) groups is 1. The first-order chi connectivity index (χ1) is 17.2. The lowest BCUT2D eigenvalue weighted by Gasteiger charge is -2.06. The fraction of sp³-hybridized carbons (Fsp3) is 0.323. The molecular weight excluding hydrogens is 439 g/mol. The van der Waals surface area contributed by atoms with Crippen LogP contribution in [0.25, 0.3) is 0 Å². The molecule has 0 aliphatic heterocycles. The lowest BCUT2D eigenvalue weighted by atomic mass is 10.1. The highest BCUT2D eigenvalue weighted by Crippen LogP contribution is 2.18. The van der Waals surface area contributed by atoms with Gasteiger partial charge in [-0.25, -0.2) is 9.18 Å². The van der Waals surface area contributed by atoms with Crippen LogP contribution in [0, 0.1) is 17.7 Å². The standard InChI is InChI=1S/C31H33FO3/c1-2-3-4-5-6-7-8-11-24-34-28-22-18-26(19-23-28)15-14-25-16-20-27(21-17-25)31(33)35-30-13-10-9-12-29(30)32/h9-10,12-13,16-23H,2-8,11,24H2,1H3. The minimum atomic E-state index is -0.614. The van der Waals surface area contributed by atoms with E-state index in [1.165, 1.54) is 57.1 Å². The van der Waals surface area contributed by atoms with Crippen molar-refractivity contribution in [3.63, 3.8) is 0 Å². The van der Waals surface area contributed by atoms with Gasteiger partial charge in [0, 0.05) is 11.1 Å². The summed E-state index contributed by atoms with van der Waals surface area (Å²) in [5.74, 6) is 5.78. The second kappa shape index (κ2) is 14.6. The molecule has 35 heavy (non-hydrogen) atoms. The molecule has 0 bridgehead atoms. The van der Waals surface area contributed by atoms with Crippen LogP contribution in [-0.4, -0.2) is 12.6 Å². The van der Waals surface area contributed by atoms with Gasteiger partial charge >= 0.3 is 5.97 Å². The smallest absolute Gasteiger partial charge is 0.343 e. The molecule has 3 nitrogen and oxygen atoms in total. The molecule has 0 aliphatic rings. The average Bonchev–Trinajstić information content (AvgIpc) is 2.89. The number of hydrogen-bond donors (Lipinski definition) is 0. The Balaban J connectivity index is 1.41. The van der Waals surface area contributed by atoms with Crippen LogP contribution in [0.2, 0.25) is 0 Å². The van der Waals surface area contributed by atoms with Crippen LogP contribution in [-0.2, 0) is 0 Å². The maximum absolute atomic E-state index is 13.7. The summed E-state index contributed by atoms with van der Waals surface area (Å²) in [4.78, 5) is 12.2. The zero-order valence-electron chi connectivity index (χ0n) is 20.4. The van der Waals surface area contributed by atoms with Crippen molar-refractivity contribution in [3.05, 3.63) is 95.3 Å². The SMILES string of the molecule is CCCCCCCCCCOc1ccc(C#Cc2ccc(C(=O)Oc3ccccc3F)cc2)cc1. The second-order valence-electron chi connectivity index (χ2n) is 8.50. The van der Waals surface area contributed by atoms with Gasteiger partial charge in [0.1, 0.15) is 5.75 Å². The second-order valence-corrected chi connectivity index (χ2v) is 8.50. The van der Waals surface area contributed by atoms with Crippen LogP contribution in [0.4, 0.5) is 4.39 Å². The van der Waals surface area contributed by atoms with E-state index in [1.54, 1.807) is 36.4 Å². The normalized spacial score (nSPS) is 10.3. The van der Waals surface area contributed by atoms with Crippen molar-refractivity contribution >= 4 is 5.97 Å². The molecule has 0 radical (unpaired) electrons. The fourth-order valence-electron chi connectivity index (χ4n) is 3.58. The number of esters is 1. The van der Waals surface area contributed by atoms with E-state index in [1.807, 2.05) is 24.3 Å². The molecule has 0 N–H and O–H groups in total. The molecule has 0 unspecified atom stereocenters. The molecule has 0 saturated carbocycles. The maximum Gasteiger partial charge on any atom is 0.343 e. The summed E-state index contributed by atoms with van der Waals surface area (Å²) >= 11 is 0. The first-order valence-electron chi connectivity index (χ1n) is 12.5. The number of rotatable bonds is 12. The molecule has 0 amide bonds. The van der Waals surface area contributed by atoms with Gasteiger partial charge in [0.15, 0.2) is 11.6 Å². The predicted molar refractivity (Wildman–Crippen MR) is 138 cm³/mol. The Morgan fingerprint density at radius 3 is 1.94 bits per heavy atom. The largest absolute Gasteiger partial charge is 0.494 e. The first kappa shape index (κ1) is 26.0.